The van der Waals surface area contributed by atoms with E-state index in [0.29, 0.717) is 12.5 Å². The van der Waals surface area contributed by atoms with E-state index in [4.69, 9.17) is 5.73 Å². The summed E-state index contributed by atoms with van der Waals surface area (Å²) in [7, 11) is 0. The van der Waals surface area contributed by atoms with Gasteiger partial charge in [0.2, 0.25) is 5.91 Å². The van der Waals surface area contributed by atoms with Crippen LogP contribution in [0.3, 0.4) is 0 Å². The smallest absolute Gasteiger partial charge is 0.240 e. The van der Waals surface area contributed by atoms with Crippen LogP contribution in [0.5, 0.6) is 0 Å². The first-order valence-corrected chi connectivity index (χ1v) is 7.98. The van der Waals surface area contributed by atoms with Crippen LogP contribution in [-0.2, 0) is 4.79 Å². The van der Waals surface area contributed by atoms with E-state index in [-0.39, 0.29) is 17.5 Å². The van der Waals surface area contributed by atoms with Crippen molar-refractivity contribution in [3.63, 3.8) is 0 Å². The predicted octanol–water partition coefficient (Wildman–Crippen LogP) is 1.54. The highest BCUT2D eigenvalue weighted by molar-refractivity contribution is 5.87. The largest absolute Gasteiger partial charge is 0.350 e. The summed E-state index contributed by atoms with van der Waals surface area (Å²) in [6.07, 6.45) is 9.25. The summed E-state index contributed by atoms with van der Waals surface area (Å²) in [4.78, 5) is 12.6. The van der Waals surface area contributed by atoms with Crippen LogP contribution >= 0.6 is 0 Å². The normalized spacial score (nSPS) is 30.2. The molecule has 1 saturated heterocycles. The third-order valence-electron chi connectivity index (χ3n) is 5.07. The molecule has 0 aromatic rings. The average molecular weight is 267 g/mol. The van der Waals surface area contributed by atoms with Crippen molar-refractivity contribution in [1.29, 1.82) is 0 Å². The zero-order valence-electron chi connectivity index (χ0n) is 12.2. The molecule has 1 amide bonds. The monoisotopic (exact) mass is 267 g/mol. The number of hydrogen-bond donors (Lipinski definition) is 3. The fourth-order valence-electron chi connectivity index (χ4n) is 3.67. The van der Waals surface area contributed by atoms with E-state index >= 15 is 0 Å². The Bertz CT molecular complexity index is 294. The van der Waals surface area contributed by atoms with Gasteiger partial charge in [-0.1, -0.05) is 26.2 Å². The Morgan fingerprint density at radius 3 is 2.63 bits per heavy atom. The molecule has 4 nitrogen and oxygen atoms in total. The molecule has 0 spiro atoms. The molecule has 1 saturated carbocycles. The van der Waals surface area contributed by atoms with Crippen molar-refractivity contribution in [1.82, 2.24) is 10.6 Å². The van der Waals surface area contributed by atoms with Gasteiger partial charge >= 0.3 is 0 Å². The molecule has 2 rings (SSSR count). The highest BCUT2D eigenvalue weighted by Gasteiger charge is 2.40. The number of amides is 1. The lowest BCUT2D eigenvalue weighted by Crippen LogP contribution is -2.58. The summed E-state index contributed by atoms with van der Waals surface area (Å²) in [6.45, 7) is 3.62. The first-order chi connectivity index (χ1) is 9.22. The second kappa shape index (κ2) is 6.71. The zero-order chi connectivity index (χ0) is 13.7. The van der Waals surface area contributed by atoms with Gasteiger partial charge in [-0.05, 0) is 44.6 Å². The number of carbonyl (C=O) groups is 1. The minimum Gasteiger partial charge on any atom is -0.350 e. The molecule has 2 unspecified atom stereocenters. The van der Waals surface area contributed by atoms with E-state index < -0.39 is 0 Å². The molecule has 0 bridgehead atoms. The Kier molecular flexibility index (Phi) is 5.22. The fraction of sp³-hybridized carbons (Fsp3) is 0.933. The van der Waals surface area contributed by atoms with E-state index in [9.17, 15) is 4.79 Å². The van der Waals surface area contributed by atoms with Crippen molar-refractivity contribution in [2.24, 2.45) is 11.7 Å². The lowest BCUT2D eigenvalue weighted by molar-refractivity contribution is -0.128. The van der Waals surface area contributed by atoms with Gasteiger partial charge < -0.3 is 16.4 Å². The average Bonchev–Trinajstić information content (AvgIpc) is 2.95. The van der Waals surface area contributed by atoms with Crippen LogP contribution in [0.15, 0.2) is 0 Å². The first kappa shape index (κ1) is 14.8. The lowest BCUT2D eigenvalue weighted by atomic mass is 9.83. The van der Waals surface area contributed by atoms with Gasteiger partial charge in [0.05, 0.1) is 5.54 Å². The van der Waals surface area contributed by atoms with Gasteiger partial charge in [0, 0.05) is 12.6 Å². The molecule has 0 radical (unpaired) electrons. The SMILES string of the molecule is CCC1(C(=O)NC(CN)C2CCCCC2)CCCN1. The van der Waals surface area contributed by atoms with Crippen LogP contribution in [-0.4, -0.2) is 30.6 Å². The molecular formula is C15H29N3O. The Labute approximate surface area is 116 Å². The van der Waals surface area contributed by atoms with Gasteiger partial charge in [-0.2, -0.15) is 0 Å². The summed E-state index contributed by atoms with van der Waals surface area (Å²) in [6, 6.07) is 0.165. The van der Waals surface area contributed by atoms with Gasteiger partial charge in [-0.3, -0.25) is 4.79 Å². The third kappa shape index (κ3) is 3.29. The van der Waals surface area contributed by atoms with E-state index in [1.807, 2.05) is 0 Å². The number of carbonyl (C=O) groups excluding carboxylic acids is 1. The van der Waals surface area contributed by atoms with E-state index in [1.165, 1.54) is 32.1 Å². The van der Waals surface area contributed by atoms with Gasteiger partial charge in [0.1, 0.15) is 0 Å². The summed E-state index contributed by atoms with van der Waals surface area (Å²) in [5, 5.41) is 6.64. The maximum atomic E-state index is 12.6. The minimum atomic E-state index is -0.331. The molecule has 1 aliphatic carbocycles. The summed E-state index contributed by atoms with van der Waals surface area (Å²) < 4.78 is 0. The number of rotatable bonds is 5. The Balaban J connectivity index is 1.95. The number of nitrogens with two attached hydrogens (primary N) is 1. The summed E-state index contributed by atoms with van der Waals surface area (Å²) >= 11 is 0. The van der Waals surface area contributed by atoms with Crippen molar-refractivity contribution >= 4 is 5.91 Å². The molecule has 0 aromatic carbocycles. The molecule has 2 aliphatic rings. The van der Waals surface area contributed by atoms with E-state index in [2.05, 4.69) is 17.6 Å². The number of nitrogens with one attached hydrogen (secondary N) is 2. The maximum absolute atomic E-state index is 12.6. The third-order valence-corrected chi connectivity index (χ3v) is 5.07. The summed E-state index contributed by atoms with van der Waals surface area (Å²) in [5.74, 6) is 0.756. The van der Waals surface area contributed by atoms with Crippen LogP contribution < -0.4 is 16.4 Å². The molecule has 19 heavy (non-hydrogen) atoms. The van der Waals surface area contributed by atoms with Crippen LogP contribution in [0.4, 0.5) is 0 Å². The molecule has 110 valence electrons. The lowest BCUT2D eigenvalue weighted by Gasteiger charge is -2.34. The summed E-state index contributed by atoms with van der Waals surface area (Å²) in [5.41, 5.74) is 5.57. The first-order valence-electron chi connectivity index (χ1n) is 7.98. The molecule has 1 aliphatic heterocycles. The molecule has 0 aromatic heterocycles. The van der Waals surface area contributed by atoms with Gasteiger partial charge in [-0.25, -0.2) is 0 Å². The highest BCUT2D eigenvalue weighted by atomic mass is 16.2. The maximum Gasteiger partial charge on any atom is 0.240 e. The van der Waals surface area contributed by atoms with Crippen molar-refractivity contribution in [3.8, 4) is 0 Å². The fourth-order valence-corrected chi connectivity index (χ4v) is 3.67. The van der Waals surface area contributed by atoms with Gasteiger partial charge in [0.15, 0.2) is 0 Å². The van der Waals surface area contributed by atoms with Crippen LogP contribution in [0.25, 0.3) is 0 Å². The van der Waals surface area contributed by atoms with Crippen LogP contribution in [0, 0.1) is 5.92 Å². The molecular weight excluding hydrogens is 238 g/mol. The second-order valence-electron chi connectivity index (χ2n) is 6.18. The minimum absolute atomic E-state index is 0.165. The molecule has 2 atom stereocenters. The van der Waals surface area contributed by atoms with Gasteiger partial charge in [-0.15, -0.1) is 0 Å². The van der Waals surface area contributed by atoms with Crippen LogP contribution in [0.2, 0.25) is 0 Å². The van der Waals surface area contributed by atoms with Crippen molar-refractivity contribution in [2.75, 3.05) is 13.1 Å². The molecule has 4 N–H and O–H groups in total. The second-order valence-corrected chi connectivity index (χ2v) is 6.18. The van der Waals surface area contributed by atoms with E-state index in [1.54, 1.807) is 0 Å². The zero-order valence-corrected chi connectivity index (χ0v) is 12.2. The van der Waals surface area contributed by atoms with Crippen LogP contribution in [0.1, 0.15) is 58.3 Å². The Hall–Kier alpha value is -0.610. The predicted molar refractivity (Wildman–Crippen MR) is 77.8 cm³/mol. The Morgan fingerprint density at radius 1 is 1.37 bits per heavy atom. The molecule has 1 heterocycles. The number of hydrogen-bond acceptors (Lipinski definition) is 3. The standard InChI is InChI=1S/C15H29N3O/c1-2-15(9-6-10-17-15)14(19)18-13(11-16)12-7-4-3-5-8-12/h12-13,17H,2-11,16H2,1H3,(H,18,19). The quantitative estimate of drug-likeness (QED) is 0.708. The van der Waals surface area contributed by atoms with Crippen molar-refractivity contribution in [2.45, 2.75) is 69.9 Å². The van der Waals surface area contributed by atoms with E-state index in [0.717, 1.165) is 25.8 Å². The topological polar surface area (TPSA) is 67.2 Å². The molecule has 4 heteroatoms. The highest BCUT2D eigenvalue weighted by Crippen LogP contribution is 2.28. The molecule has 2 fully saturated rings. The van der Waals surface area contributed by atoms with Gasteiger partial charge in [0.25, 0.3) is 0 Å². The van der Waals surface area contributed by atoms with Crippen molar-refractivity contribution < 1.29 is 4.79 Å². The van der Waals surface area contributed by atoms with Crippen molar-refractivity contribution in [3.05, 3.63) is 0 Å². The Morgan fingerprint density at radius 2 is 2.11 bits per heavy atom.